The molecule has 1 aliphatic carbocycles. The predicted octanol–water partition coefficient (Wildman–Crippen LogP) is 5.58. The van der Waals surface area contributed by atoms with Gasteiger partial charge in [-0.3, -0.25) is 4.90 Å². The van der Waals surface area contributed by atoms with E-state index in [1.807, 2.05) is 6.08 Å². The molecule has 46 heavy (non-hydrogen) atoms. The highest BCUT2D eigenvalue weighted by atomic mass is 32.2. The number of phenols is 1. The predicted molar refractivity (Wildman–Crippen MR) is 177 cm³/mol. The van der Waals surface area contributed by atoms with Crippen molar-refractivity contribution in [2.75, 3.05) is 38.2 Å². The van der Waals surface area contributed by atoms with E-state index in [4.69, 9.17) is 21.1 Å². The Morgan fingerprint density at radius 2 is 1.87 bits per heavy atom. The van der Waals surface area contributed by atoms with Crippen LogP contribution in [0.4, 0.5) is 14.6 Å². The Balaban J connectivity index is 0.000000297. The lowest BCUT2D eigenvalue weighted by atomic mass is 9.96. The molecule has 2 N–H and O–H groups in total. The third-order valence-corrected chi connectivity index (χ3v) is 11.3. The number of hydrogen-bond donors (Lipinski definition) is 2. The van der Waals surface area contributed by atoms with Crippen LogP contribution in [0, 0.1) is 18.2 Å². The Hall–Kier alpha value is -3.59. The number of terminal acetylenes is 1. The number of hydrogen-bond acceptors (Lipinski definition) is 9. The number of benzene rings is 2. The first kappa shape index (κ1) is 29.8. The summed E-state index contributed by atoms with van der Waals surface area (Å²) >= 11 is 1.62. The van der Waals surface area contributed by atoms with Crippen LogP contribution in [-0.2, 0) is 0 Å². The Kier molecular flexibility index (Phi) is 7.70. The summed E-state index contributed by atoms with van der Waals surface area (Å²) in [5.74, 6) is 3.07. The molecule has 9 rings (SSSR count). The fourth-order valence-electron chi connectivity index (χ4n) is 7.81. The molecule has 0 amide bonds. The molecule has 5 aliphatic heterocycles. The molecule has 240 valence electrons. The minimum absolute atomic E-state index is 0.0989. The van der Waals surface area contributed by atoms with Gasteiger partial charge in [0.2, 0.25) is 0 Å². The molecule has 1 aromatic heterocycles. The van der Waals surface area contributed by atoms with Gasteiger partial charge in [0.05, 0.1) is 29.0 Å². The molecule has 6 aliphatic rings. The number of rotatable bonds is 4. The molecule has 8 nitrogen and oxygen atoms in total. The maximum Gasteiger partial charge on any atom is 0.318 e. The average Bonchev–Trinajstić information content (AvgIpc) is 3.59. The maximum atomic E-state index is 14.8. The van der Waals surface area contributed by atoms with Gasteiger partial charge < -0.3 is 24.4 Å². The number of aromatic nitrogens is 2. The first-order valence-electron chi connectivity index (χ1n) is 16.3. The first-order chi connectivity index (χ1) is 22.4. The van der Waals surface area contributed by atoms with E-state index in [2.05, 4.69) is 25.3 Å². The summed E-state index contributed by atoms with van der Waals surface area (Å²) < 4.78 is 35.2. The van der Waals surface area contributed by atoms with Gasteiger partial charge in [-0.05, 0) is 93.1 Å². The molecule has 4 unspecified atom stereocenters. The molecule has 4 atom stereocenters. The van der Waals surface area contributed by atoms with Crippen LogP contribution in [-0.4, -0.2) is 87.9 Å². The highest BCUT2D eigenvalue weighted by Crippen LogP contribution is 2.51. The zero-order chi connectivity index (χ0) is 31.5. The van der Waals surface area contributed by atoms with Gasteiger partial charge in [-0.15, -0.1) is 6.42 Å². The van der Waals surface area contributed by atoms with Crippen molar-refractivity contribution in [3.63, 3.8) is 0 Å². The second-order valence-corrected chi connectivity index (χ2v) is 14.2. The van der Waals surface area contributed by atoms with Crippen molar-refractivity contribution < 1.29 is 18.6 Å². The van der Waals surface area contributed by atoms with Crippen LogP contribution in [0.5, 0.6) is 11.8 Å². The van der Waals surface area contributed by atoms with Crippen molar-refractivity contribution in [1.82, 2.24) is 24.5 Å². The largest absolute Gasteiger partial charge is 0.508 e. The number of alkyl halides is 1. The van der Waals surface area contributed by atoms with E-state index in [0.29, 0.717) is 53.1 Å². The highest BCUT2D eigenvalue weighted by Gasteiger charge is 2.40. The molecule has 0 radical (unpaired) electrons. The Bertz CT molecular complexity index is 1740. The monoisotopic (exact) mass is 644 g/mol. The molecule has 2 bridgehead atoms. The van der Waals surface area contributed by atoms with Crippen molar-refractivity contribution in [2.24, 2.45) is 0 Å². The van der Waals surface area contributed by atoms with Gasteiger partial charge in [-0.25, -0.2) is 8.78 Å². The maximum absolute atomic E-state index is 14.8. The minimum atomic E-state index is -0.518. The van der Waals surface area contributed by atoms with E-state index in [0.717, 1.165) is 61.0 Å². The van der Waals surface area contributed by atoms with Crippen molar-refractivity contribution in [1.29, 1.82) is 0 Å². The van der Waals surface area contributed by atoms with Gasteiger partial charge in [0, 0.05) is 54.8 Å². The van der Waals surface area contributed by atoms with E-state index in [-0.39, 0.29) is 11.3 Å². The van der Waals surface area contributed by atoms with E-state index in [1.54, 1.807) is 37.3 Å². The number of anilines is 1. The lowest BCUT2D eigenvalue weighted by Gasteiger charge is -2.37. The van der Waals surface area contributed by atoms with Gasteiger partial charge in [0.15, 0.2) is 5.82 Å². The van der Waals surface area contributed by atoms with Gasteiger partial charge in [0.1, 0.15) is 17.7 Å². The summed E-state index contributed by atoms with van der Waals surface area (Å²) in [6.45, 7) is 3.65. The van der Waals surface area contributed by atoms with Crippen LogP contribution in [0.3, 0.4) is 0 Å². The van der Waals surface area contributed by atoms with Crippen molar-refractivity contribution in [3.05, 3.63) is 46.9 Å². The lowest BCUT2D eigenvalue weighted by Crippen LogP contribution is -2.51. The number of halogens is 2. The second kappa shape index (κ2) is 11.9. The van der Waals surface area contributed by atoms with Crippen LogP contribution in [0.25, 0.3) is 22.5 Å². The second-order valence-electron chi connectivity index (χ2n) is 13.3. The normalized spacial score (nSPS) is 26.7. The van der Waals surface area contributed by atoms with Crippen LogP contribution in [0.1, 0.15) is 61.8 Å². The highest BCUT2D eigenvalue weighted by molar-refractivity contribution is 7.97. The fourth-order valence-corrected chi connectivity index (χ4v) is 9.07. The molecule has 2 aromatic carbocycles. The summed E-state index contributed by atoms with van der Waals surface area (Å²) in [6.07, 6.45) is 15.0. The third-order valence-electron chi connectivity index (χ3n) is 10.1. The Labute approximate surface area is 272 Å². The summed E-state index contributed by atoms with van der Waals surface area (Å²) in [6, 6.07) is 8.46. The standard InChI is InChI=1S/C28H26FN5O2S.C7H12FN/c1-3-20-22(29)9-4-15-10-19(35)11-21(25(15)20)24-12-23-26(37-34(24)18-7-8-18)27(32-28(31-23)36-2)33-13-16-5-6-17(14-33)30-16;8-6-4-7-2-1-3-9(7)5-6/h1,4,9-12,16-18,30,35H,5-8,13-14H2,2H3;6-7H,1-5H2. The molecular formula is C35H38F2N6O2S. The van der Waals surface area contributed by atoms with Crippen LogP contribution in [0.2, 0.25) is 0 Å². The summed E-state index contributed by atoms with van der Waals surface area (Å²) in [5, 5.41) is 15.6. The number of ether oxygens (including phenoxy) is 1. The fraction of sp³-hybridized carbons (Fsp3) is 0.486. The molecule has 3 aromatic rings. The van der Waals surface area contributed by atoms with Crippen LogP contribution >= 0.6 is 11.9 Å². The van der Waals surface area contributed by atoms with E-state index in [9.17, 15) is 13.9 Å². The zero-order valence-electron chi connectivity index (χ0n) is 25.9. The van der Waals surface area contributed by atoms with E-state index >= 15 is 0 Å². The van der Waals surface area contributed by atoms with E-state index in [1.165, 1.54) is 31.7 Å². The van der Waals surface area contributed by atoms with Gasteiger partial charge >= 0.3 is 6.01 Å². The molecule has 4 saturated heterocycles. The van der Waals surface area contributed by atoms with Gasteiger partial charge in [0.25, 0.3) is 0 Å². The molecule has 11 heteroatoms. The number of fused-ring (bicyclic) bond motifs is 5. The quantitative estimate of drug-likeness (QED) is 0.280. The number of aromatic hydroxyl groups is 1. The molecule has 1 saturated carbocycles. The van der Waals surface area contributed by atoms with Crippen LogP contribution < -0.4 is 15.0 Å². The van der Waals surface area contributed by atoms with Crippen molar-refractivity contribution >= 4 is 40.3 Å². The molecular weight excluding hydrogens is 606 g/mol. The van der Waals surface area contributed by atoms with Crippen molar-refractivity contribution in [2.45, 2.75) is 80.2 Å². The molecule has 6 heterocycles. The van der Waals surface area contributed by atoms with Crippen molar-refractivity contribution in [3.8, 4) is 24.1 Å². The first-order valence-corrected chi connectivity index (χ1v) is 17.1. The van der Waals surface area contributed by atoms with Gasteiger partial charge in [-0.2, -0.15) is 9.97 Å². The Morgan fingerprint density at radius 1 is 1.07 bits per heavy atom. The number of methoxy groups -OCH3 is 1. The number of phenolic OH excluding ortho intramolecular Hbond substituents is 1. The summed E-state index contributed by atoms with van der Waals surface area (Å²) in [4.78, 5) is 15.2. The molecule has 0 spiro atoms. The summed E-state index contributed by atoms with van der Waals surface area (Å²) in [5.41, 5.74) is 2.47. The third kappa shape index (κ3) is 5.44. The lowest BCUT2D eigenvalue weighted by molar-refractivity contribution is 0.292. The van der Waals surface area contributed by atoms with Crippen LogP contribution in [0.15, 0.2) is 29.2 Å². The summed E-state index contributed by atoms with van der Waals surface area (Å²) in [7, 11) is 1.58. The minimum Gasteiger partial charge on any atom is -0.508 e. The number of nitrogens with zero attached hydrogens (tertiary/aromatic N) is 5. The number of nitrogens with one attached hydrogen (secondary N) is 1. The smallest absolute Gasteiger partial charge is 0.318 e. The van der Waals surface area contributed by atoms with Gasteiger partial charge in [-0.1, -0.05) is 12.0 Å². The zero-order valence-corrected chi connectivity index (χ0v) is 26.7. The topological polar surface area (TPSA) is 77.0 Å². The SMILES string of the molecule is C#Cc1c(F)ccc2cc(O)cc(C3=Cc4nc(OC)nc(N5CC6CCC(C5)N6)c4SN3C3CC3)c12.FC1CC2CCCN2C1. The number of piperazine rings is 1. The molecule has 5 fully saturated rings. The Morgan fingerprint density at radius 3 is 2.59 bits per heavy atom. The average molecular weight is 645 g/mol. The van der Waals surface area contributed by atoms with E-state index < -0.39 is 12.0 Å².